The summed E-state index contributed by atoms with van der Waals surface area (Å²) in [5, 5.41) is 5.95. The molecule has 3 rings (SSSR count). The highest BCUT2D eigenvalue weighted by Gasteiger charge is 2.20. The van der Waals surface area contributed by atoms with Crippen LogP contribution < -0.4 is 5.32 Å². The molecule has 1 atom stereocenters. The molecule has 0 amide bonds. The summed E-state index contributed by atoms with van der Waals surface area (Å²) in [7, 11) is 0. The van der Waals surface area contributed by atoms with Gasteiger partial charge in [-0.05, 0) is 54.8 Å². The number of hydrogen-bond donors (Lipinski definition) is 1. The molecule has 18 heavy (non-hydrogen) atoms. The second-order valence-corrected chi connectivity index (χ2v) is 5.98. The van der Waals surface area contributed by atoms with Gasteiger partial charge >= 0.3 is 0 Å². The molecule has 1 N–H and O–H groups in total. The predicted molar refractivity (Wildman–Crippen MR) is 76.9 cm³/mol. The van der Waals surface area contributed by atoms with Crippen molar-refractivity contribution in [1.29, 1.82) is 0 Å². The van der Waals surface area contributed by atoms with Crippen LogP contribution >= 0.6 is 11.3 Å². The molecule has 2 aromatic rings. The molecule has 0 aromatic carbocycles. The van der Waals surface area contributed by atoms with E-state index in [1.54, 1.807) is 10.4 Å². The Kier molecular flexibility index (Phi) is 3.52. The molecule has 0 saturated heterocycles. The highest BCUT2D eigenvalue weighted by Crippen LogP contribution is 2.33. The molecule has 0 fully saturated rings. The molecule has 3 heteroatoms. The fourth-order valence-corrected chi connectivity index (χ4v) is 3.72. The Morgan fingerprint density at radius 2 is 2.39 bits per heavy atom. The van der Waals surface area contributed by atoms with Crippen molar-refractivity contribution in [2.75, 3.05) is 0 Å². The van der Waals surface area contributed by atoms with Crippen molar-refractivity contribution >= 4 is 11.3 Å². The van der Waals surface area contributed by atoms with Gasteiger partial charge in [0.1, 0.15) is 0 Å². The highest BCUT2D eigenvalue weighted by atomic mass is 32.1. The maximum atomic E-state index is 3.71. The maximum absolute atomic E-state index is 3.71. The van der Waals surface area contributed by atoms with Gasteiger partial charge in [0.05, 0.1) is 0 Å². The van der Waals surface area contributed by atoms with Gasteiger partial charge in [-0.1, -0.05) is 0 Å². The van der Waals surface area contributed by atoms with Crippen molar-refractivity contribution in [1.82, 2.24) is 9.88 Å². The third-order valence-corrected chi connectivity index (χ3v) is 4.78. The molecule has 2 heterocycles. The molecule has 2 nitrogen and oxygen atoms in total. The van der Waals surface area contributed by atoms with Crippen molar-refractivity contribution in [3.63, 3.8) is 0 Å². The zero-order valence-electron chi connectivity index (χ0n) is 10.9. The smallest absolute Gasteiger partial charge is 0.0334 e. The van der Waals surface area contributed by atoms with Crippen LogP contribution in [0, 0.1) is 0 Å². The van der Waals surface area contributed by atoms with E-state index in [-0.39, 0.29) is 0 Å². The summed E-state index contributed by atoms with van der Waals surface area (Å²) in [6.45, 7) is 4.21. The number of thiophene rings is 1. The van der Waals surface area contributed by atoms with Crippen molar-refractivity contribution in [2.45, 2.75) is 45.3 Å². The normalized spacial score (nSPS) is 18.8. The van der Waals surface area contributed by atoms with E-state index >= 15 is 0 Å². The van der Waals surface area contributed by atoms with E-state index in [1.165, 1.54) is 24.8 Å². The third kappa shape index (κ3) is 2.38. The lowest BCUT2D eigenvalue weighted by molar-refractivity contribution is 0.463. The third-order valence-electron chi connectivity index (χ3n) is 3.78. The molecule has 1 unspecified atom stereocenters. The first-order valence-corrected chi connectivity index (χ1v) is 7.69. The highest BCUT2D eigenvalue weighted by molar-refractivity contribution is 7.10. The van der Waals surface area contributed by atoms with Gasteiger partial charge in [-0.25, -0.2) is 0 Å². The zero-order valence-corrected chi connectivity index (χ0v) is 11.7. The number of rotatable bonds is 4. The molecule has 1 aliphatic carbocycles. The number of aromatic nitrogens is 1. The SMILES string of the molecule is CCn1ccc(CNC2CCCc3sccc32)c1. The van der Waals surface area contributed by atoms with Crippen LogP contribution in [-0.4, -0.2) is 4.57 Å². The first kappa shape index (κ1) is 12.0. The largest absolute Gasteiger partial charge is 0.354 e. The number of fused-ring (bicyclic) bond motifs is 1. The van der Waals surface area contributed by atoms with Crippen LogP contribution in [0.4, 0.5) is 0 Å². The van der Waals surface area contributed by atoms with Crippen molar-refractivity contribution in [2.24, 2.45) is 0 Å². The molecule has 2 aromatic heterocycles. The second kappa shape index (κ2) is 5.29. The quantitative estimate of drug-likeness (QED) is 0.886. The summed E-state index contributed by atoms with van der Waals surface area (Å²) in [4.78, 5) is 1.59. The average Bonchev–Trinajstić information content (AvgIpc) is 3.05. The Labute approximate surface area is 113 Å². The average molecular weight is 260 g/mol. The van der Waals surface area contributed by atoms with E-state index in [0.29, 0.717) is 6.04 Å². The Hall–Kier alpha value is -1.06. The van der Waals surface area contributed by atoms with Gasteiger partial charge < -0.3 is 9.88 Å². The van der Waals surface area contributed by atoms with E-state index in [9.17, 15) is 0 Å². The van der Waals surface area contributed by atoms with Crippen molar-refractivity contribution in [3.8, 4) is 0 Å². The summed E-state index contributed by atoms with van der Waals surface area (Å²) in [5.74, 6) is 0. The second-order valence-electron chi connectivity index (χ2n) is 4.98. The Morgan fingerprint density at radius 1 is 1.44 bits per heavy atom. The number of nitrogens with zero attached hydrogens (tertiary/aromatic N) is 1. The van der Waals surface area contributed by atoms with Crippen LogP contribution in [-0.2, 0) is 19.5 Å². The van der Waals surface area contributed by atoms with E-state index in [0.717, 1.165) is 13.1 Å². The van der Waals surface area contributed by atoms with E-state index in [1.807, 2.05) is 11.3 Å². The Morgan fingerprint density at radius 3 is 3.22 bits per heavy atom. The predicted octanol–water partition coefficient (Wildman–Crippen LogP) is 3.74. The standard InChI is InChI=1S/C15H20N2S/c1-2-17-8-6-12(11-17)10-16-14-4-3-5-15-13(14)7-9-18-15/h6-9,11,14,16H,2-5,10H2,1H3. The number of nitrogens with one attached hydrogen (secondary N) is 1. The summed E-state index contributed by atoms with van der Waals surface area (Å²) in [6, 6.07) is 5.08. The van der Waals surface area contributed by atoms with E-state index < -0.39 is 0 Å². The number of aryl methyl sites for hydroxylation is 2. The van der Waals surface area contributed by atoms with Crippen LogP contribution in [0.3, 0.4) is 0 Å². The van der Waals surface area contributed by atoms with Gasteiger partial charge in [-0.15, -0.1) is 11.3 Å². The summed E-state index contributed by atoms with van der Waals surface area (Å²) in [5.41, 5.74) is 2.93. The fraction of sp³-hybridized carbons (Fsp3) is 0.467. The monoisotopic (exact) mass is 260 g/mol. The van der Waals surface area contributed by atoms with Crippen LogP contribution in [0.25, 0.3) is 0 Å². The number of hydrogen-bond acceptors (Lipinski definition) is 2. The van der Waals surface area contributed by atoms with E-state index in [4.69, 9.17) is 0 Å². The summed E-state index contributed by atoms with van der Waals surface area (Å²) >= 11 is 1.91. The van der Waals surface area contributed by atoms with Gasteiger partial charge in [0.25, 0.3) is 0 Å². The molecule has 0 bridgehead atoms. The fourth-order valence-electron chi connectivity index (χ4n) is 2.73. The molecule has 1 aliphatic rings. The molecular formula is C15H20N2S. The first-order valence-electron chi connectivity index (χ1n) is 6.81. The molecule has 0 spiro atoms. The maximum Gasteiger partial charge on any atom is 0.0334 e. The van der Waals surface area contributed by atoms with E-state index in [2.05, 4.69) is 46.7 Å². The van der Waals surface area contributed by atoms with Crippen LogP contribution in [0.15, 0.2) is 29.9 Å². The molecule has 0 radical (unpaired) electrons. The van der Waals surface area contributed by atoms with Gasteiger partial charge in [-0.3, -0.25) is 0 Å². The molecule has 96 valence electrons. The van der Waals surface area contributed by atoms with Crippen LogP contribution in [0.2, 0.25) is 0 Å². The molecule has 0 saturated carbocycles. The molecular weight excluding hydrogens is 240 g/mol. The Balaban J connectivity index is 1.64. The van der Waals surface area contributed by atoms with Crippen molar-refractivity contribution < 1.29 is 0 Å². The zero-order chi connectivity index (χ0) is 12.4. The summed E-state index contributed by atoms with van der Waals surface area (Å²) in [6.07, 6.45) is 8.27. The van der Waals surface area contributed by atoms with Crippen LogP contribution in [0.1, 0.15) is 41.8 Å². The topological polar surface area (TPSA) is 17.0 Å². The lowest BCUT2D eigenvalue weighted by Gasteiger charge is -2.23. The van der Waals surface area contributed by atoms with Gasteiger partial charge in [0.15, 0.2) is 0 Å². The first-order chi connectivity index (χ1) is 8.86. The van der Waals surface area contributed by atoms with Gasteiger partial charge in [0.2, 0.25) is 0 Å². The summed E-state index contributed by atoms with van der Waals surface area (Å²) < 4.78 is 2.23. The van der Waals surface area contributed by atoms with Crippen LogP contribution in [0.5, 0.6) is 0 Å². The van der Waals surface area contributed by atoms with Gasteiger partial charge in [0, 0.05) is 36.4 Å². The minimum Gasteiger partial charge on any atom is -0.354 e. The minimum atomic E-state index is 0.560. The molecule has 0 aliphatic heterocycles. The minimum absolute atomic E-state index is 0.560. The van der Waals surface area contributed by atoms with Crippen molar-refractivity contribution in [3.05, 3.63) is 45.9 Å². The van der Waals surface area contributed by atoms with Gasteiger partial charge in [-0.2, -0.15) is 0 Å². The Bertz CT molecular complexity index is 512. The lowest BCUT2D eigenvalue weighted by Crippen LogP contribution is -2.23. The lowest BCUT2D eigenvalue weighted by atomic mass is 9.94.